The zero-order valence-corrected chi connectivity index (χ0v) is 13.6. The van der Waals surface area contributed by atoms with Crippen molar-refractivity contribution in [2.24, 2.45) is 27.4 Å². The molecule has 0 saturated carbocycles. The average molecular weight is 341 g/mol. The largest absolute Gasteiger partial charge is 0.416 e. The number of aliphatic imine (C=N–C) groups is 2. The Hall–Kier alpha value is -2.25. The van der Waals surface area contributed by atoms with Gasteiger partial charge in [0.05, 0.1) is 12.1 Å². The van der Waals surface area contributed by atoms with Gasteiger partial charge in [-0.05, 0) is 36.5 Å². The Morgan fingerprint density at radius 1 is 1.17 bits per heavy atom. The fourth-order valence-electron chi connectivity index (χ4n) is 2.43. The van der Waals surface area contributed by atoms with Crippen LogP contribution in [-0.2, 0) is 12.7 Å². The van der Waals surface area contributed by atoms with Crippen LogP contribution >= 0.6 is 0 Å². The Morgan fingerprint density at radius 3 is 2.29 bits per heavy atom. The summed E-state index contributed by atoms with van der Waals surface area (Å²) in [6, 6.07) is 4.79. The Balaban J connectivity index is 1.94. The molecule has 1 aliphatic rings. The van der Waals surface area contributed by atoms with Gasteiger partial charge in [0.25, 0.3) is 0 Å². The van der Waals surface area contributed by atoms with Crippen LogP contribution in [-0.4, -0.2) is 29.9 Å². The smallest absolute Gasteiger partial charge is 0.369 e. The predicted molar refractivity (Wildman–Crippen MR) is 88.4 cm³/mol. The molecule has 0 unspecified atom stereocenters. The van der Waals surface area contributed by atoms with Crippen molar-refractivity contribution in [1.29, 1.82) is 0 Å². The molecule has 24 heavy (non-hydrogen) atoms. The van der Waals surface area contributed by atoms with E-state index in [1.807, 2.05) is 4.90 Å². The van der Waals surface area contributed by atoms with Gasteiger partial charge in [0.1, 0.15) is 0 Å². The van der Waals surface area contributed by atoms with Crippen molar-refractivity contribution in [3.8, 4) is 0 Å². The van der Waals surface area contributed by atoms with Gasteiger partial charge in [0, 0.05) is 13.1 Å². The molecular formula is C16H22F3N5. The van der Waals surface area contributed by atoms with Crippen LogP contribution in [0.1, 0.15) is 30.9 Å². The van der Waals surface area contributed by atoms with E-state index in [1.165, 1.54) is 12.1 Å². The number of rotatable bonds is 2. The normalized spacial score (nSPS) is 18.1. The van der Waals surface area contributed by atoms with Gasteiger partial charge in [-0.1, -0.05) is 19.1 Å². The molecule has 0 amide bonds. The number of halogens is 3. The first kappa shape index (κ1) is 18.1. The molecule has 0 aromatic heterocycles. The number of likely N-dealkylation sites (tertiary alicyclic amines) is 1. The van der Waals surface area contributed by atoms with Gasteiger partial charge < -0.3 is 16.4 Å². The molecule has 1 aromatic rings. The lowest BCUT2D eigenvalue weighted by molar-refractivity contribution is -0.137. The lowest BCUT2D eigenvalue weighted by atomic mass is 10.00. The topological polar surface area (TPSA) is 80.0 Å². The first-order valence-electron chi connectivity index (χ1n) is 7.81. The molecule has 0 radical (unpaired) electrons. The molecule has 4 N–H and O–H groups in total. The minimum Gasteiger partial charge on any atom is -0.369 e. The molecule has 1 aliphatic heterocycles. The van der Waals surface area contributed by atoms with Gasteiger partial charge in [-0.2, -0.15) is 18.2 Å². The fraction of sp³-hybridized carbons (Fsp3) is 0.500. The van der Waals surface area contributed by atoms with E-state index < -0.39 is 11.7 Å². The molecule has 0 bridgehead atoms. The SMILES string of the molecule is CC1CCN(C(N)=NC(N)=NCc2ccc(C(F)(F)F)cc2)CC1. The van der Waals surface area contributed by atoms with Gasteiger partial charge in [-0.25, -0.2) is 4.99 Å². The molecular weight excluding hydrogens is 319 g/mol. The van der Waals surface area contributed by atoms with Crippen molar-refractivity contribution in [3.63, 3.8) is 0 Å². The quantitative estimate of drug-likeness (QED) is 0.641. The summed E-state index contributed by atoms with van der Waals surface area (Å²) in [5.74, 6) is 1.03. The summed E-state index contributed by atoms with van der Waals surface area (Å²) in [4.78, 5) is 10.1. The van der Waals surface area contributed by atoms with Crippen LogP contribution in [0, 0.1) is 5.92 Å². The van der Waals surface area contributed by atoms with Crippen LogP contribution in [0.15, 0.2) is 34.3 Å². The van der Waals surface area contributed by atoms with Gasteiger partial charge >= 0.3 is 6.18 Å². The zero-order chi connectivity index (χ0) is 17.7. The van der Waals surface area contributed by atoms with E-state index in [0.29, 0.717) is 17.4 Å². The minimum atomic E-state index is -4.34. The van der Waals surface area contributed by atoms with Crippen molar-refractivity contribution in [2.45, 2.75) is 32.5 Å². The maximum absolute atomic E-state index is 12.5. The maximum atomic E-state index is 12.5. The lowest BCUT2D eigenvalue weighted by Crippen LogP contribution is -2.43. The third-order valence-corrected chi connectivity index (χ3v) is 4.04. The van der Waals surface area contributed by atoms with Crippen LogP contribution < -0.4 is 11.5 Å². The molecule has 1 saturated heterocycles. The zero-order valence-electron chi connectivity index (χ0n) is 13.6. The minimum absolute atomic E-state index is 0.0195. The molecule has 5 nitrogen and oxygen atoms in total. The standard InChI is InChI=1S/C16H22F3N5/c1-11-6-8-24(9-7-11)15(21)23-14(20)22-10-12-2-4-13(5-3-12)16(17,18)19/h2-5,11H,6-10H2,1H3,(H4,20,21,22,23). The van der Waals surface area contributed by atoms with Crippen LogP contribution in [0.25, 0.3) is 0 Å². The van der Waals surface area contributed by atoms with E-state index in [1.54, 1.807) is 0 Å². The van der Waals surface area contributed by atoms with Gasteiger partial charge in [0.2, 0.25) is 5.96 Å². The van der Waals surface area contributed by atoms with E-state index in [9.17, 15) is 13.2 Å². The molecule has 8 heteroatoms. The summed E-state index contributed by atoms with van der Waals surface area (Å²) in [7, 11) is 0. The molecule has 0 aliphatic carbocycles. The third kappa shape index (κ3) is 5.14. The Morgan fingerprint density at radius 2 is 1.75 bits per heavy atom. The summed E-state index contributed by atoms with van der Waals surface area (Å²) < 4.78 is 37.5. The molecule has 0 spiro atoms. The number of benzene rings is 1. The van der Waals surface area contributed by atoms with Crippen LogP contribution in [0.3, 0.4) is 0 Å². The number of hydrogen-bond acceptors (Lipinski definition) is 1. The van der Waals surface area contributed by atoms with E-state index in [4.69, 9.17) is 11.5 Å². The molecule has 1 heterocycles. The van der Waals surface area contributed by atoms with Crippen molar-refractivity contribution >= 4 is 11.9 Å². The fourth-order valence-corrected chi connectivity index (χ4v) is 2.43. The monoisotopic (exact) mass is 341 g/mol. The van der Waals surface area contributed by atoms with Crippen molar-refractivity contribution < 1.29 is 13.2 Å². The van der Waals surface area contributed by atoms with E-state index >= 15 is 0 Å². The maximum Gasteiger partial charge on any atom is 0.416 e. The van der Waals surface area contributed by atoms with Gasteiger partial charge in [-0.3, -0.25) is 0 Å². The van der Waals surface area contributed by atoms with Crippen LogP contribution in [0.5, 0.6) is 0 Å². The Bertz CT molecular complexity index is 599. The number of guanidine groups is 2. The summed E-state index contributed by atoms with van der Waals surface area (Å²) in [5, 5.41) is 0. The second-order valence-corrected chi connectivity index (χ2v) is 6.01. The van der Waals surface area contributed by atoms with E-state index in [2.05, 4.69) is 16.9 Å². The number of piperidine rings is 1. The Kier molecular flexibility index (Phi) is 5.69. The highest BCUT2D eigenvalue weighted by molar-refractivity contribution is 5.93. The van der Waals surface area contributed by atoms with Crippen molar-refractivity contribution in [1.82, 2.24) is 4.90 Å². The first-order valence-corrected chi connectivity index (χ1v) is 7.81. The molecule has 2 rings (SSSR count). The molecule has 1 fully saturated rings. The highest BCUT2D eigenvalue weighted by Gasteiger charge is 2.29. The molecule has 0 atom stereocenters. The van der Waals surface area contributed by atoms with Crippen molar-refractivity contribution in [2.75, 3.05) is 13.1 Å². The number of nitrogens with two attached hydrogens (primary N) is 2. The molecule has 132 valence electrons. The van der Waals surface area contributed by atoms with Crippen LogP contribution in [0.2, 0.25) is 0 Å². The third-order valence-electron chi connectivity index (χ3n) is 4.04. The summed E-state index contributed by atoms with van der Waals surface area (Å²) in [6.07, 6.45) is -2.23. The van der Waals surface area contributed by atoms with Crippen LogP contribution in [0.4, 0.5) is 13.2 Å². The van der Waals surface area contributed by atoms with E-state index in [-0.39, 0.29) is 12.5 Å². The summed E-state index contributed by atoms with van der Waals surface area (Å²) in [5.41, 5.74) is 11.6. The predicted octanol–water partition coefficient (Wildman–Crippen LogP) is 2.57. The first-order chi connectivity index (χ1) is 11.3. The second kappa shape index (κ2) is 7.55. The second-order valence-electron chi connectivity index (χ2n) is 6.01. The lowest BCUT2D eigenvalue weighted by Gasteiger charge is -2.30. The number of alkyl halides is 3. The van der Waals surface area contributed by atoms with Gasteiger partial charge in [0.15, 0.2) is 5.96 Å². The Labute approximate surface area is 139 Å². The van der Waals surface area contributed by atoms with Crippen molar-refractivity contribution in [3.05, 3.63) is 35.4 Å². The number of nitrogens with zero attached hydrogens (tertiary/aromatic N) is 3. The summed E-state index contributed by atoms with van der Waals surface area (Å²) in [6.45, 7) is 4.02. The average Bonchev–Trinajstić information content (AvgIpc) is 2.53. The van der Waals surface area contributed by atoms with E-state index in [0.717, 1.165) is 38.1 Å². The molecule has 1 aromatic carbocycles. The number of hydrogen-bond donors (Lipinski definition) is 2. The highest BCUT2D eigenvalue weighted by atomic mass is 19.4. The summed E-state index contributed by atoms with van der Waals surface area (Å²) >= 11 is 0. The highest BCUT2D eigenvalue weighted by Crippen LogP contribution is 2.29. The van der Waals surface area contributed by atoms with Gasteiger partial charge in [-0.15, -0.1) is 0 Å².